The van der Waals surface area contributed by atoms with Crippen molar-refractivity contribution in [3.8, 4) is 0 Å². The lowest BCUT2D eigenvalue weighted by Gasteiger charge is -2.19. The Morgan fingerprint density at radius 2 is 2.18 bits per heavy atom. The van der Waals surface area contributed by atoms with E-state index in [9.17, 15) is 9.18 Å². The fourth-order valence-corrected chi connectivity index (χ4v) is 2.55. The van der Waals surface area contributed by atoms with Gasteiger partial charge in [-0.15, -0.1) is 12.4 Å². The van der Waals surface area contributed by atoms with Crippen LogP contribution in [0.4, 0.5) is 10.1 Å². The number of aromatic nitrogens is 1. The summed E-state index contributed by atoms with van der Waals surface area (Å²) in [7, 11) is 0. The molecule has 1 aromatic heterocycles. The molecule has 1 amide bonds. The van der Waals surface area contributed by atoms with E-state index in [1.165, 1.54) is 0 Å². The first kappa shape index (κ1) is 16.5. The largest absolute Gasteiger partial charge is 0.436 e. The normalized spacial score (nSPS) is 13.2. The third kappa shape index (κ3) is 2.98. The predicted molar refractivity (Wildman–Crippen MR) is 83.0 cm³/mol. The van der Waals surface area contributed by atoms with E-state index in [2.05, 4.69) is 15.6 Å². The molecule has 2 aromatic rings. The summed E-state index contributed by atoms with van der Waals surface area (Å²) in [6, 6.07) is 3.41. The van der Waals surface area contributed by atoms with Crippen molar-refractivity contribution in [2.75, 3.05) is 11.9 Å². The minimum Gasteiger partial charge on any atom is -0.436 e. The lowest BCUT2D eigenvalue weighted by Crippen LogP contribution is -2.25. The van der Waals surface area contributed by atoms with Crippen molar-refractivity contribution < 1.29 is 13.6 Å². The number of fused-ring (bicyclic) bond motifs is 1. The number of hydrogen-bond donors (Lipinski definition) is 2. The number of oxazole rings is 1. The number of benzene rings is 1. The monoisotopic (exact) mass is 325 g/mol. The average molecular weight is 326 g/mol. The quantitative estimate of drug-likeness (QED) is 0.891. The molecule has 0 atom stereocenters. The molecule has 5 nitrogen and oxygen atoms in total. The van der Waals surface area contributed by atoms with Crippen LogP contribution in [0.15, 0.2) is 16.5 Å². The predicted octanol–water partition coefficient (Wildman–Crippen LogP) is 2.75. The molecule has 0 spiro atoms. The Morgan fingerprint density at radius 1 is 1.41 bits per heavy atom. The molecule has 0 bridgehead atoms. The van der Waals surface area contributed by atoms with Crippen LogP contribution < -0.4 is 10.6 Å². The number of nitrogens with one attached hydrogen (secondary N) is 2. The van der Waals surface area contributed by atoms with Crippen LogP contribution >= 0.6 is 12.4 Å². The lowest BCUT2D eigenvalue weighted by atomic mass is 9.99. The maximum Gasteiger partial charge on any atom is 0.293 e. The second-order valence-electron chi connectivity index (χ2n) is 5.09. The first-order valence-electron chi connectivity index (χ1n) is 6.82. The highest BCUT2D eigenvalue weighted by Crippen LogP contribution is 2.25. The van der Waals surface area contributed by atoms with Crippen molar-refractivity contribution in [3.63, 3.8) is 0 Å². The highest BCUT2D eigenvalue weighted by Gasteiger charge is 2.20. The molecule has 0 fully saturated rings. The maximum absolute atomic E-state index is 14.4. The SMILES string of the molecule is Cc1nc(C)c(C(=O)Nc2ccc3c(c2F)CCNC3)o1.Cl. The summed E-state index contributed by atoms with van der Waals surface area (Å²) in [4.78, 5) is 16.2. The maximum atomic E-state index is 14.4. The topological polar surface area (TPSA) is 67.2 Å². The van der Waals surface area contributed by atoms with Gasteiger partial charge >= 0.3 is 0 Å². The number of nitrogens with zero attached hydrogens (tertiary/aromatic N) is 1. The van der Waals surface area contributed by atoms with Crippen molar-refractivity contribution in [2.24, 2.45) is 0 Å². The molecule has 7 heteroatoms. The summed E-state index contributed by atoms with van der Waals surface area (Å²) in [5, 5.41) is 5.75. The van der Waals surface area contributed by atoms with Crippen molar-refractivity contribution >= 4 is 24.0 Å². The van der Waals surface area contributed by atoms with Crippen molar-refractivity contribution in [3.05, 3.63) is 46.4 Å². The van der Waals surface area contributed by atoms with Gasteiger partial charge in [-0.3, -0.25) is 4.79 Å². The van der Waals surface area contributed by atoms with Gasteiger partial charge < -0.3 is 15.1 Å². The Labute approximate surface area is 133 Å². The Kier molecular flexibility index (Phi) is 4.83. The van der Waals surface area contributed by atoms with Gasteiger partial charge in [-0.05, 0) is 37.1 Å². The summed E-state index contributed by atoms with van der Waals surface area (Å²) in [5.74, 6) is -0.321. The fourth-order valence-electron chi connectivity index (χ4n) is 2.55. The summed E-state index contributed by atoms with van der Waals surface area (Å²) in [6.45, 7) is 4.74. The second-order valence-corrected chi connectivity index (χ2v) is 5.09. The van der Waals surface area contributed by atoms with Gasteiger partial charge in [0, 0.05) is 13.5 Å². The molecule has 1 aliphatic heterocycles. The standard InChI is InChI=1S/C15H16FN3O2.ClH/c1-8-14(21-9(2)18-8)15(20)19-12-4-3-10-7-17-6-5-11(10)13(12)16;/h3-4,17H,5-7H2,1-2H3,(H,19,20);1H. The second kappa shape index (κ2) is 6.46. The molecule has 118 valence electrons. The zero-order valence-corrected chi connectivity index (χ0v) is 13.1. The van der Waals surface area contributed by atoms with Crippen molar-refractivity contribution in [2.45, 2.75) is 26.8 Å². The molecular weight excluding hydrogens is 309 g/mol. The molecule has 1 aliphatic rings. The lowest BCUT2D eigenvalue weighted by molar-refractivity contribution is 0.0994. The number of carbonyl (C=O) groups excluding carboxylic acids is 1. The number of halogens is 2. The van der Waals surface area contributed by atoms with Gasteiger partial charge in [0.15, 0.2) is 5.89 Å². The molecule has 2 N–H and O–H groups in total. The highest BCUT2D eigenvalue weighted by molar-refractivity contribution is 6.03. The minimum atomic E-state index is -0.485. The van der Waals surface area contributed by atoms with Crippen LogP contribution in [0.25, 0.3) is 0 Å². The summed E-state index contributed by atoms with van der Waals surface area (Å²) < 4.78 is 19.7. The highest BCUT2D eigenvalue weighted by atomic mass is 35.5. The van der Waals surface area contributed by atoms with Crippen LogP contribution in [0, 0.1) is 19.7 Å². The van der Waals surface area contributed by atoms with Gasteiger partial charge in [0.2, 0.25) is 5.76 Å². The van der Waals surface area contributed by atoms with Gasteiger partial charge in [0.25, 0.3) is 5.91 Å². The fraction of sp³-hybridized carbons (Fsp3) is 0.333. The first-order chi connectivity index (χ1) is 10.1. The number of aryl methyl sites for hydroxylation is 2. The van der Waals surface area contributed by atoms with E-state index < -0.39 is 5.91 Å². The average Bonchev–Trinajstić information content (AvgIpc) is 2.81. The number of hydrogen-bond acceptors (Lipinski definition) is 4. The molecule has 0 saturated heterocycles. The molecule has 1 aromatic carbocycles. The third-order valence-corrected chi connectivity index (χ3v) is 3.57. The number of carbonyl (C=O) groups is 1. The Balaban J connectivity index is 0.00000176. The number of rotatable bonds is 2. The van der Waals surface area contributed by atoms with Gasteiger partial charge in [0.05, 0.1) is 11.4 Å². The number of amides is 1. The van der Waals surface area contributed by atoms with Gasteiger partial charge in [-0.25, -0.2) is 9.37 Å². The Hall–Kier alpha value is -1.92. The van der Waals surface area contributed by atoms with E-state index in [4.69, 9.17) is 4.42 Å². The smallest absolute Gasteiger partial charge is 0.293 e. The van der Waals surface area contributed by atoms with E-state index in [-0.39, 0.29) is 29.7 Å². The van der Waals surface area contributed by atoms with Crippen LogP contribution in [0.3, 0.4) is 0 Å². The van der Waals surface area contributed by atoms with Crippen molar-refractivity contribution in [1.29, 1.82) is 0 Å². The van der Waals surface area contributed by atoms with Crippen molar-refractivity contribution in [1.82, 2.24) is 10.3 Å². The minimum absolute atomic E-state index is 0. The zero-order valence-electron chi connectivity index (χ0n) is 12.3. The molecule has 0 unspecified atom stereocenters. The Bertz CT molecular complexity index is 715. The molecule has 0 radical (unpaired) electrons. The summed E-state index contributed by atoms with van der Waals surface area (Å²) >= 11 is 0. The third-order valence-electron chi connectivity index (χ3n) is 3.57. The van der Waals surface area contributed by atoms with Crippen LogP contribution in [-0.4, -0.2) is 17.4 Å². The Morgan fingerprint density at radius 3 is 2.86 bits per heavy atom. The van der Waals surface area contributed by atoms with Gasteiger partial charge in [0.1, 0.15) is 5.82 Å². The van der Waals surface area contributed by atoms with E-state index in [0.717, 1.165) is 12.1 Å². The van der Waals surface area contributed by atoms with Crippen LogP contribution in [0.1, 0.15) is 33.3 Å². The van der Waals surface area contributed by atoms with Gasteiger partial charge in [-0.2, -0.15) is 0 Å². The van der Waals surface area contributed by atoms with E-state index in [0.29, 0.717) is 30.1 Å². The zero-order chi connectivity index (χ0) is 15.0. The molecule has 0 saturated carbocycles. The van der Waals surface area contributed by atoms with Crippen LogP contribution in [0.2, 0.25) is 0 Å². The van der Waals surface area contributed by atoms with Crippen LogP contribution in [0.5, 0.6) is 0 Å². The van der Waals surface area contributed by atoms with Crippen LogP contribution in [-0.2, 0) is 13.0 Å². The van der Waals surface area contributed by atoms with E-state index >= 15 is 0 Å². The molecule has 0 aliphatic carbocycles. The van der Waals surface area contributed by atoms with E-state index in [1.807, 2.05) is 6.07 Å². The molecule has 3 rings (SSSR count). The molecule has 22 heavy (non-hydrogen) atoms. The number of anilines is 1. The first-order valence-corrected chi connectivity index (χ1v) is 6.82. The van der Waals surface area contributed by atoms with Gasteiger partial charge in [-0.1, -0.05) is 6.07 Å². The summed E-state index contributed by atoms with van der Waals surface area (Å²) in [6.07, 6.45) is 0.616. The van der Waals surface area contributed by atoms with E-state index in [1.54, 1.807) is 19.9 Å². The summed E-state index contributed by atoms with van der Waals surface area (Å²) in [5.41, 5.74) is 2.27. The molecule has 2 heterocycles. The molecular formula is C15H17ClFN3O2.